The van der Waals surface area contributed by atoms with Gasteiger partial charge in [0.05, 0.1) is 0 Å². The van der Waals surface area contributed by atoms with Gasteiger partial charge in [-0.2, -0.15) is 0 Å². The molecule has 1 unspecified atom stereocenters. The van der Waals surface area contributed by atoms with Gasteiger partial charge >= 0.3 is 0 Å². The van der Waals surface area contributed by atoms with Crippen LogP contribution < -0.4 is 0 Å². The fraction of sp³-hybridized carbons (Fsp3) is 0.400. The summed E-state index contributed by atoms with van der Waals surface area (Å²) in [6.45, 7) is 3.68. The van der Waals surface area contributed by atoms with Gasteiger partial charge in [0.1, 0.15) is 5.88 Å². The predicted molar refractivity (Wildman–Crippen MR) is 56.1 cm³/mol. The first-order chi connectivity index (χ1) is 6.66. The summed E-state index contributed by atoms with van der Waals surface area (Å²) in [7, 11) is 0. The van der Waals surface area contributed by atoms with Crippen LogP contribution in [0.25, 0.3) is 0 Å². The van der Waals surface area contributed by atoms with E-state index in [9.17, 15) is 4.21 Å². The molecule has 0 fully saturated rings. The van der Waals surface area contributed by atoms with Gasteiger partial charge in [-0.25, -0.2) is 4.21 Å². The van der Waals surface area contributed by atoms with Gasteiger partial charge in [0.15, 0.2) is 11.1 Å². The van der Waals surface area contributed by atoms with Crippen LogP contribution in [0.2, 0.25) is 0 Å². The molecule has 14 heavy (non-hydrogen) atoms. The second-order valence-electron chi connectivity index (χ2n) is 3.65. The van der Waals surface area contributed by atoms with Crippen LogP contribution in [0.3, 0.4) is 0 Å². The van der Waals surface area contributed by atoms with Crippen molar-refractivity contribution in [1.29, 1.82) is 0 Å². The van der Waals surface area contributed by atoms with E-state index in [0.29, 0.717) is 0 Å². The lowest BCUT2D eigenvalue weighted by molar-refractivity contribution is 0.326. The number of rotatable bonds is 2. The average molecular weight is 211 g/mol. The molecule has 1 aliphatic heterocycles. The topological polar surface area (TPSA) is 40.5 Å². The monoisotopic (exact) mass is 211 g/mol. The Kier molecular flexibility index (Phi) is 2.67. The van der Waals surface area contributed by atoms with Crippen molar-refractivity contribution in [1.82, 2.24) is 4.90 Å². The number of hydrogen-bond acceptors (Lipinski definition) is 2. The Morgan fingerprint density at radius 1 is 1.50 bits per heavy atom. The number of nitrogens with zero attached hydrogens (tertiary/aromatic N) is 1. The molecule has 1 heterocycles. The van der Waals surface area contributed by atoms with Crippen LogP contribution >= 0.6 is 0 Å². The molecule has 0 spiro atoms. The quantitative estimate of drug-likeness (QED) is 0.753. The molecule has 0 aromatic heterocycles. The third-order valence-corrected chi connectivity index (χ3v) is 3.16. The van der Waals surface area contributed by atoms with E-state index >= 15 is 0 Å². The Hall–Kier alpha value is -0.710. The standard InChI is InChI=1S/C10H13NO2S/c1-8-3-2-4-9-5-11(6-10(8)9)7-14(12)13/h2-4H,5-7H2,1H3,(H,12,13). The minimum atomic E-state index is -1.72. The second kappa shape index (κ2) is 3.81. The SMILES string of the molecule is Cc1cccc2c1CN(CS(=O)O)C2. The van der Waals surface area contributed by atoms with Crippen LogP contribution in [-0.2, 0) is 24.2 Å². The largest absolute Gasteiger partial charge is 0.305 e. The van der Waals surface area contributed by atoms with E-state index in [1.807, 2.05) is 11.0 Å². The zero-order valence-corrected chi connectivity index (χ0v) is 8.88. The summed E-state index contributed by atoms with van der Waals surface area (Å²) in [6.07, 6.45) is 0. The summed E-state index contributed by atoms with van der Waals surface area (Å²) in [5.41, 5.74) is 3.88. The molecule has 76 valence electrons. The first kappa shape index (κ1) is 9.83. The van der Waals surface area contributed by atoms with Crippen molar-refractivity contribution in [2.45, 2.75) is 20.0 Å². The minimum absolute atomic E-state index is 0.244. The Balaban J connectivity index is 2.18. The van der Waals surface area contributed by atoms with Crippen molar-refractivity contribution in [2.24, 2.45) is 0 Å². The van der Waals surface area contributed by atoms with Crippen LogP contribution in [0.5, 0.6) is 0 Å². The lowest BCUT2D eigenvalue weighted by atomic mass is 10.1. The maximum atomic E-state index is 10.7. The number of hydrogen-bond donors (Lipinski definition) is 1. The average Bonchev–Trinajstić information content (AvgIpc) is 2.47. The number of aryl methyl sites for hydroxylation is 1. The molecule has 3 nitrogen and oxygen atoms in total. The Morgan fingerprint density at radius 2 is 2.29 bits per heavy atom. The fourth-order valence-electron chi connectivity index (χ4n) is 1.91. The molecule has 1 aromatic rings. The van der Waals surface area contributed by atoms with Crippen LogP contribution in [0, 0.1) is 6.92 Å². The maximum Gasteiger partial charge on any atom is 0.167 e. The fourth-order valence-corrected chi connectivity index (χ4v) is 2.40. The van der Waals surface area contributed by atoms with Crippen molar-refractivity contribution in [2.75, 3.05) is 5.88 Å². The Bertz CT molecular complexity index is 378. The highest BCUT2D eigenvalue weighted by Gasteiger charge is 2.20. The van der Waals surface area contributed by atoms with E-state index in [1.54, 1.807) is 0 Å². The van der Waals surface area contributed by atoms with Crippen LogP contribution in [0.1, 0.15) is 16.7 Å². The molecule has 0 saturated heterocycles. The zero-order valence-electron chi connectivity index (χ0n) is 8.06. The molecule has 2 rings (SSSR count). The van der Waals surface area contributed by atoms with Crippen LogP contribution in [-0.4, -0.2) is 19.5 Å². The minimum Gasteiger partial charge on any atom is -0.305 e. The molecule has 0 amide bonds. The molecule has 0 aliphatic carbocycles. The van der Waals surface area contributed by atoms with Gasteiger partial charge in [0, 0.05) is 13.1 Å². The molecule has 0 radical (unpaired) electrons. The molecule has 1 aliphatic rings. The van der Waals surface area contributed by atoms with E-state index in [1.165, 1.54) is 16.7 Å². The smallest absolute Gasteiger partial charge is 0.167 e. The first-order valence-corrected chi connectivity index (χ1v) is 5.81. The summed E-state index contributed by atoms with van der Waals surface area (Å²) < 4.78 is 19.5. The highest BCUT2D eigenvalue weighted by atomic mass is 32.2. The van der Waals surface area contributed by atoms with E-state index in [0.717, 1.165) is 13.1 Å². The van der Waals surface area contributed by atoms with Gasteiger partial charge in [0.25, 0.3) is 0 Å². The third-order valence-electron chi connectivity index (χ3n) is 2.58. The molecular weight excluding hydrogens is 198 g/mol. The summed E-state index contributed by atoms with van der Waals surface area (Å²) in [5, 5.41) is 0. The number of fused-ring (bicyclic) bond motifs is 1. The van der Waals surface area contributed by atoms with Crippen molar-refractivity contribution < 1.29 is 8.76 Å². The van der Waals surface area contributed by atoms with Gasteiger partial charge in [-0.15, -0.1) is 0 Å². The Labute approximate surface area is 86.0 Å². The highest BCUT2D eigenvalue weighted by molar-refractivity contribution is 7.79. The van der Waals surface area contributed by atoms with Crippen LogP contribution in [0.15, 0.2) is 18.2 Å². The third kappa shape index (κ3) is 1.87. The lowest BCUT2D eigenvalue weighted by Gasteiger charge is -2.10. The molecule has 1 N–H and O–H groups in total. The van der Waals surface area contributed by atoms with E-state index < -0.39 is 11.1 Å². The summed E-state index contributed by atoms with van der Waals surface area (Å²) in [6, 6.07) is 6.20. The van der Waals surface area contributed by atoms with Crippen molar-refractivity contribution >= 4 is 11.1 Å². The Morgan fingerprint density at radius 3 is 2.93 bits per heavy atom. The van der Waals surface area contributed by atoms with Gasteiger partial charge in [-0.1, -0.05) is 18.2 Å². The van der Waals surface area contributed by atoms with Crippen LogP contribution in [0.4, 0.5) is 0 Å². The van der Waals surface area contributed by atoms with E-state index in [4.69, 9.17) is 4.55 Å². The highest BCUT2D eigenvalue weighted by Crippen LogP contribution is 2.25. The van der Waals surface area contributed by atoms with Gasteiger partial charge in [-0.05, 0) is 23.6 Å². The molecule has 0 saturated carbocycles. The number of benzene rings is 1. The normalized spacial score (nSPS) is 18.1. The molecule has 0 bridgehead atoms. The molecule has 4 heteroatoms. The molecular formula is C10H13NO2S. The van der Waals surface area contributed by atoms with E-state index in [2.05, 4.69) is 19.1 Å². The molecule has 1 atom stereocenters. The van der Waals surface area contributed by atoms with Gasteiger partial charge < -0.3 is 4.55 Å². The first-order valence-electron chi connectivity index (χ1n) is 4.54. The lowest BCUT2D eigenvalue weighted by Crippen LogP contribution is -2.20. The maximum absolute atomic E-state index is 10.7. The predicted octanol–water partition coefficient (Wildman–Crippen LogP) is 1.49. The second-order valence-corrected chi connectivity index (χ2v) is 4.55. The van der Waals surface area contributed by atoms with Crippen molar-refractivity contribution in [3.8, 4) is 0 Å². The molecule has 1 aromatic carbocycles. The van der Waals surface area contributed by atoms with Gasteiger partial charge in [-0.3, -0.25) is 4.90 Å². The zero-order chi connectivity index (χ0) is 10.1. The van der Waals surface area contributed by atoms with Crippen molar-refractivity contribution in [3.05, 3.63) is 34.9 Å². The summed E-state index contributed by atoms with van der Waals surface area (Å²) >= 11 is -1.72. The summed E-state index contributed by atoms with van der Waals surface area (Å²) in [4.78, 5) is 1.99. The van der Waals surface area contributed by atoms with E-state index in [-0.39, 0.29) is 5.88 Å². The van der Waals surface area contributed by atoms with Gasteiger partial charge in [0.2, 0.25) is 0 Å². The van der Waals surface area contributed by atoms with Crippen molar-refractivity contribution in [3.63, 3.8) is 0 Å². The summed E-state index contributed by atoms with van der Waals surface area (Å²) in [5.74, 6) is 0.244.